The van der Waals surface area contributed by atoms with Gasteiger partial charge in [0.1, 0.15) is 0 Å². The van der Waals surface area contributed by atoms with E-state index in [1.807, 2.05) is 60.7 Å². The van der Waals surface area contributed by atoms with Crippen molar-refractivity contribution in [2.24, 2.45) is 0 Å². The van der Waals surface area contributed by atoms with E-state index in [0.717, 1.165) is 28.1 Å². The Labute approximate surface area is 180 Å². The van der Waals surface area contributed by atoms with Crippen LogP contribution in [0.25, 0.3) is 33.6 Å². The van der Waals surface area contributed by atoms with Gasteiger partial charge in [-0.2, -0.15) is 0 Å². The van der Waals surface area contributed by atoms with Crippen LogP contribution in [-0.4, -0.2) is 14.3 Å². The van der Waals surface area contributed by atoms with E-state index in [1.165, 1.54) is 23.5 Å². The lowest BCUT2D eigenvalue weighted by atomic mass is 10.1. The Morgan fingerprint density at radius 2 is 1.48 bits per heavy atom. The van der Waals surface area contributed by atoms with E-state index in [2.05, 4.69) is 0 Å². The Balaban J connectivity index is 1.73. The second-order valence-corrected chi connectivity index (χ2v) is 7.93. The molecule has 0 amide bonds. The lowest BCUT2D eigenvalue weighted by Crippen LogP contribution is -2.23. The number of nitro groups is 1. The van der Waals surface area contributed by atoms with Crippen LogP contribution in [-0.2, 0) is 0 Å². The molecule has 0 saturated carbocycles. The predicted molar refractivity (Wildman–Crippen MR) is 122 cm³/mol. The zero-order valence-electron chi connectivity index (χ0n) is 16.1. The Bertz CT molecular complexity index is 1510. The minimum absolute atomic E-state index is 0.0133. The predicted octanol–water partition coefficient (Wildman–Crippen LogP) is 4.55. The molecular weight excluding hydrogens is 410 g/mol. The highest BCUT2D eigenvalue weighted by molar-refractivity contribution is 7.15. The van der Waals surface area contributed by atoms with Crippen LogP contribution in [0, 0.1) is 10.1 Å². The average Bonchev–Trinajstić information content (AvgIpc) is 3.32. The van der Waals surface area contributed by atoms with E-state index in [-0.39, 0.29) is 11.2 Å². The molecule has 0 aliphatic rings. The van der Waals surface area contributed by atoms with Crippen LogP contribution >= 0.6 is 11.3 Å². The molecule has 0 saturated heterocycles. The molecule has 0 unspecified atom stereocenters. The third-order valence-electron chi connectivity index (χ3n) is 4.96. The summed E-state index contributed by atoms with van der Waals surface area (Å²) in [7, 11) is 0. The highest BCUT2D eigenvalue weighted by atomic mass is 32.1. The number of benzene rings is 3. The van der Waals surface area contributed by atoms with Gasteiger partial charge in [0.15, 0.2) is 4.96 Å². The first-order valence-electron chi connectivity index (χ1n) is 9.54. The number of fused-ring (bicyclic) bond motifs is 1. The molecule has 0 spiro atoms. The highest BCUT2D eigenvalue weighted by Crippen LogP contribution is 2.32. The maximum Gasteiger partial charge on any atom is 0.274 e. The molecule has 0 fully saturated rings. The van der Waals surface area contributed by atoms with Gasteiger partial charge in [-0.15, -0.1) is 0 Å². The number of non-ortho nitro benzene ring substituents is 1. The van der Waals surface area contributed by atoms with Gasteiger partial charge in [-0.1, -0.05) is 72.0 Å². The van der Waals surface area contributed by atoms with Crippen molar-refractivity contribution >= 4 is 28.1 Å². The average molecular weight is 425 g/mol. The summed E-state index contributed by atoms with van der Waals surface area (Å²) in [6.07, 6.45) is 1.74. The van der Waals surface area contributed by atoms with Crippen LogP contribution in [0.3, 0.4) is 0 Å². The molecule has 5 aromatic rings. The van der Waals surface area contributed by atoms with Crippen LogP contribution in [0.4, 0.5) is 5.69 Å². The van der Waals surface area contributed by atoms with Gasteiger partial charge in [-0.25, -0.2) is 9.38 Å². The molecule has 3 aromatic carbocycles. The molecule has 6 nitrogen and oxygen atoms in total. The fraction of sp³-hybridized carbons (Fsp3) is 0. The number of imidazole rings is 1. The normalized spacial score (nSPS) is 11.8. The number of hydrogen-bond acceptors (Lipinski definition) is 5. The van der Waals surface area contributed by atoms with E-state index in [0.29, 0.717) is 9.49 Å². The zero-order valence-corrected chi connectivity index (χ0v) is 17.0. The molecule has 0 aliphatic heterocycles. The molecule has 5 rings (SSSR count). The van der Waals surface area contributed by atoms with Crippen molar-refractivity contribution in [3.05, 3.63) is 115 Å². The van der Waals surface area contributed by atoms with Gasteiger partial charge in [0.25, 0.3) is 11.2 Å². The molecule has 0 bridgehead atoms. The van der Waals surface area contributed by atoms with E-state index >= 15 is 0 Å². The van der Waals surface area contributed by atoms with Gasteiger partial charge in [0.2, 0.25) is 0 Å². The van der Waals surface area contributed by atoms with E-state index in [1.54, 1.807) is 22.6 Å². The molecule has 150 valence electrons. The Morgan fingerprint density at radius 1 is 0.871 bits per heavy atom. The standard InChI is InChI=1S/C24H15N3O3S/c28-23-20(15-16-11-13-19(14-12-16)27(29)30)31-24-25-21(17-7-3-1-4-8-17)22(26(23)24)18-9-5-2-6-10-18/h1-15H/b20-15+. The van der Waals surface area contributed by atoms with Crippen molar-refractivity contribution in [2.45, 2.75) is 0 Å². The zero-order chi connectivity index (χ0) is 21.4. The number of rotatable bonds is 4. The lowest BCUT2D eigenvalue weighted by Gasteiger charge is -2.04. The molecule has 2 aromatic heterocycles. The van der Waals surface area contributed by atoms with Gasteiger partial charge >= 0.3 is 0 Å². The minimum Gasteiger partial charge on any atom is -0.267 e. The number of nitro benzene ring substituents is 1. The lowest BCUT2D eigenvalue weighted by molar-refractivity contribution is -0.384. The molecule has 0 N–H and O–H groups in total. The molecular formula is C24H15N3O3S. The maximum absolute atomic E-state index is 13.3. The molecule has 0 aliphatic carbocycles. The Hall–Kier alpha value is -4.10. The summed E-state index contributed by atoms with van der Waals surface area (Å²) in [6, 6.07) is 25.7. The summed E-state index contributed by atoms with van der Waals surface area (Å²) in [5, 5.41) is 10.9. The first-order chi connectivity index (χ1) is 15.1. The van der Waals surface area contributed by atoms with Gasteiger partial charge in [-0.05, 0) is 23.8 Å². The third-order valence-corrected chi connectivity index (χ3v) is 5.93. The highest BCUT2D eigenvalue weighted by Gasteiger charge is 2.19. The van der Waals surface area contributed by atoms with Crippen molar-refractivity contribution in [1.82, 2.24) is 9.38 Å². The second-order valence-electron chi connectivity index (χ2n) is 6.92. The maximum atomic E-state index is 13.3. The quantitative estimate of drug-likeness (QED) is 0.313. The molecule has 31 heavy (non-hydrogen) atoms. The SMILES string of the molecule is O=c1/c(=C\c2ccc([N+](=O)[O-])cc2)sc2nc(-c3ccccc3)c(-c3ccccc3)n12. The van der Waals surface area contributed by atoms with Gasteiger partial charge in [0.05, 0.1) is 20.8 Å². The van der Waals surface area contributed by atoms with E-state index in [4.69, 9.17) is 4.98 Å². The number of aromatic nitrogens is 2. The summed E-state index contributed by atoms with van der Waals surface area (Å²) in [5.41, 5.74) is 3.94. The van der Waals surface area contributed by atoms with Gasteiger partial charge in [-0.3, -0.25) is 14.9 Å². The minimum atomic E-state index is -0.445. The summed E-state index contributed by atoms with van der Waals surface area (Å²) >= 11 is 1.30. The van der Waals surface area contributed by atoms with Crippen molar-refractivity contribution < 1.29 is 4.92 Å². The Kier molecular flexibility index (Phi) is 4.65. The summed E-state index contributed by atoms with van der Waals surface area (Å²) in [6.45, 7) is 0. The number of nitrogens with zero attached hydrogens (tertiary/aromatic N) is 3. The van der Waals surface area contributed by atoms with Crippen LogP contribution < -0.4 is 10.1 Å². The van der Waals surface area contributed by atoms with Gasteiger partial charge < -0.3 is 0 Å². The monoisotopic (exact) mass is 425 g/mol. The summed E-state index contributed by atoms with van der Waals surface area (Å²) in [5.74, 6) is 0. The molecule has 0 radical (unpaired) electrons. The molecule has 7 heteroatoms. The number of hydrogen-bond donors (Lipinski definition) is 0. The topological polar surface area (TPSA) is 77.5 Å². The van der Waals surface area contributed by atoms with Crippen LogP contribution in [0.5, 0.6) is 0 Å². The molecule has 0 atom stereocenters. The fourth-order valence-corrected chi connectivity index (χ4v) is 4.48. The van der Waals surface area contributed by atoms with Crippen molar-refractivity contribution in [2.75, 3.05) is 0 Å². The second kappa shape index (κ2) is 7.62. The Morgan fingerprint density at radius 3 is 2.10 bits per heavy atom. The summed E-state index contributed by atoms with van der Waals surface area (Å²) in [4.78, 5) is 29.2. The van der Waals surface area contributed by atoms with Gasteiger partial charge in [0, 0.05) is 23.3 Å². The number of thiazole rings is 1. The summed E-state index contributed by atoms with van der Waals surface area (Å²) < 4.78 is 2.17. The smallest absolute Gasteiger partial charge is 0.267 e. The third kappa shape index (κ3) is 3.41. The fourth-order valence-electron chi connectivity index (χ4n) is 3.50. The van der Waals surface area contributed by atoms with E-state index in [9.17, 15) is 14.9 Å². The van der Waals surface area contributed by atoms with Crippen molar-refractivity contribution in [1.29, 1.82) is 0 Å². The van der Waals surface area contributed by atoms with Crippen molar-refractivity contribution in [3.8, 4) is 22.5 Å². The van der Waals surface area contributed by atoms with Crippen molar-refractivity contribution in [3.63, 3.8) is 0 Å². The first kappa shape index (κ1) is 18.9. The van der Waals surface area contributed by atoms with Crippen LogP contribution in [0.2, 0.25) is 0 Å². The largest absolute Gasteiger partial charge is 0.274 e. The molecule has 2 heterocycles. The van der Waals surface area contributed by atoms with Crippen LogP contribution in [0.1, 0.15) is 5.56 Å². The first-order valence-corrected chi connectivity index (χ1v) is 10.4. The van der Waals surface area contributed by atoms with Crippen LogP contribution in [0.15, 0.2) is 89.7 Å². The van der Waals surface area contributed by atoms with E-state index < -0.39 is 4.92 Å².